The molecule has 4 heterocycles. The molecule has 1 unspecified atom stereocenters. The number of nitrogens with one attached hydrogen (secondary N) is 1. The summed E-state index contributed by atoms with van der Waals surface area (Å²) in [5, 5.41) is 3.75. The molecule has 1 amide bonds. The molecule has 1 aliphatic heterocycles. The van der Waals surface area contributed by atoms with Gasteiger partial charge in [0, 0.05) is 30.0 Å². The first-order valence-electron chi connectivity index (χ1n) is 9.07. The van der Waals surface area contributed by atoms with Crippen LogP contribution in [-0.2, 0) is 9.53 Å². The Morgan fingerprint density at radius 1 is 1.30 bits per heavy atom. The third-order valence-corrected chi connectivity index (χ3v) is 5.80. The Morgan fingerprint density at radius 3 is 2.85 bits per heavy atom. The molecule has 1 fully saturated rings. The summed E-state index contributed by atoms with van der Waals surface area (Å²) in [7, 11) is 0. The molecule has 0 aliphatic carbocycles. The molecular formula is C20H21N3O3S. The molecule has 1 N–H and O–H groups in total. The number of rotatable bonds is 3. The maximum atomic E-state index is 13.0. The Kier molecular flexibility index (Phi) is 4.70. The van der Waals surface area contributed by atoms with E-state index in [2.05, 4.69) is 10.3 Å². The molecule has 6 nitrogen and oxygen atoms in total. The van der Waals surface area contributed by atoms with Gasteiger partial charge in [-0.15, -0.1) is 11.3 Å². The topological polar surface area (TPSA) is 73.2 Å². The van der Waals surface area contributed by atoms with Gasteiger partial charge >= 0.3 is 5.97 Å². The normalized spacial score (nSPS) is 17.6. The average Bonchev–Trinajstić information content (AvgIpc) is 3.22. The van der Waals surface area contributed by atoms with E-state index in [9.17, 15) is 9.59 Å². The van der Waals surface area contributed by atoms with Crippen LogP contribution in [0, 0.1) is 13.8 Å². The summed E-state index contributed by atoms with van der Waals surface area (Å²) in [5.74, 6) is -0.685. The molecule has 3 aromatic heterocycles. The number of aromatic nitrogens is 2. The first-order valence-corrected chi connectivity index (χ1v) is 9.89. The number of pyridine rings is 1. The van der Waals surface area contributed by atoms with Crippen molar-refractivity contribution in [2.45, 2.75) is 39.2 Å². The van der Waals surface area contributed by atoms with Gasteiger partial charge < -0.3 is 14.6 Å². The van der Waals surface area contributed by atoms with Crippen molar-refractivity contribution in [3.05, 3.63) is 46.7 Å². The van der Waals surface area contributed by atoms with E-state index >= 15 is 0 Å². The minimum Gasteiger partial charge on any atom is -0.448 e. The number of ether oxygens (including phenoxy) is 1. The molecule has 4 rings (SSSR count). The lowest BCUT2D eigenvalue weighted by atomic mass is 10.1. The summed E-state index contributed by atoms with van der Waals surface area (Å²) in [5.41, 5.74) is 2.73. The number of amides is 1. The number of esters is 1. The zero-order valence-corrected chi connectivity index (χ0v) is 16.1. The Hall–Kier alpha value is -2.67. The fourth-order valence-corrected chi connectivity index (χ4v) is 4.68. The predicted octanol–water partition coefficient (Wildman–Crippen LogP) is 3.53. The maximum Gasteiger partial charge on any atom is 0.351 e. The van der Waals surface area contributed by atoms with Crippen molar-refractivity contribution in [1.29, 1.82) is 0 Å². The van der Waals surface area contributed by atoms with Gasteiger partial charge in [-0.05, 0) is 56.9 Å². The van der Waals surface area contributed by atoms with Crippen LogP contribution in [0.1, 0.15) is 40.2 Å². The van der Waals surface area contributed by atoms with Crippen LogP contribution >= 0.6 is 11.3 Å². The minimum atomic E-state index is -0.737. The van der Waals surface area contributed by atoms with Crippen molar-refractivity contribution in [3.8, 4) is 5.69 Å². The van der Waals surface area contributed by atoms with E-state index in [-0.39, 0.29) is 5.91 Å². The van der Waals surface area contributed by atoms with Crippen molar-refractivity contribution in [2.75, 3.05) is 6.54 Å². The fourth-order valence-electron chi connectivity index (χ4n) is 3.50. The van der Waals surface area contributed by atoms with Crippen LogP contribution in [0.3, 0.4) is 0 Å². The van der Waals surface area contributed by atoms with Gasteiger partial charge in [0.1, 0.15) is 9.71 Å². The van der Waals surface area contributed by atoms with Crippen LogP contribution in [-0.4, -0.2) is 34.1 Å². The van der Waals surface area contributed by atoms with Crippen LogP contribution in [0.5, 0.6) is 0 Å². The van der Waals surface area contributed by atoms with Crippen LogP contribution in [0.25, 0.3) is 15.9 Å². The van der Waals surface area contributed by atoms with Gasteiger partial charge in [0.15, 0.2) is 6.10 Å². The van der Waals surface area contributed by atoms with Gasteiger partial charge in [-0.1, -0.05) is 0 Å². The second kappa shape index (κ2) is 7.15. The SMILES string of the molecule is Cc1cc(C)c2c(-n3cccc3)c(C(=O)OC3CCCCNC3=O)sc2n1. The molecule has 1 atom stereocenters. The molecule has 7 heteroatoms. The quantitative estimate of drug-likeness (QED) is 0.702. The number of fused-ring (bicyclic) bond motifs is 1. The number of thiophene rings is 1. The zero-order valence-electron chi connectivity index (χ0n) is 15.3. The molecule has 0 aromatic carbocycles. The average molecular weight is 383 g/mol. The first kappa shape index (κ1) is 17.7. The molecule has 27 heavy (non-hydrogen) atoms. The lowest BCUT2D eigenvalue weighted by molar-refractivity contribution is -0.129. The highest BCUT2D eigenvalue weighted by atomic mass is 32.1. The Balaban J connectivity index is 1.78. The van der Waals surface area contributed by atoms with E-state index in [1.54, 1.807) is 0 Å². The highest BCUT2D eigenvalue weighted by Gasteiger charge is 2.29. The van der Waals surface area contributed by atoms with E-state index in [4.69, 9.17) is 4.74 Å². The predicted molar refractivity (Wildman–Crippen MR) is 104 cm³/mol. The summed E-state index contributed by atoms with van der Waals surface area (Å²) >= 11 is 1.32. The number of nitrogens with zero attached hydrogens (tertiary/aromatic N) is 2. The van der Waals surface area contributed by atoms with Gasteiger partial charge in [0.25, 0.3) is 5.91 Å². The van der Waals surface area contributed by atoms with Gasteiger partial charge in [-0.25, -0.2) is 9.78 Å². The standard InChI is InChI=1S/C20H21N3O3S/c1-12-11-13(2)22-19-15(12)16(23-9-5-6-10-23)17(27-19)20(25)26-14-7-3-4-8-21-18(14)24/h5-6,9-11,14H,3-4,7-8H2,1-2H3,(H,21,24). The largest absolute Gasteiger partial charge is 0.448 e. The minimum absolute atomic E-state index is 0.213. The van der Waals surface area contributed by atoms with Crippen molar-refractivity contribution in [2.24, 2.45) is 0 Å². The Labute approximate surface area is 161 Å². The summed E-state index contributed by atoms with van der Waals surface area (Å²) in [6.45, 7) is 4.59. The third-order valence-electron chi connectivity index (χ3n) is 4.74. The number of hydrogen-bond donors (Lipinski definition) is 1. The van der Waals surface area contributed by atoms with Crippen molar-refractivity contribution < 1.29 is 14.3 Å². The second-order valence-corrected chi connectivity index (χ2v) is 7.81. The summed E-state index contributed by atoms with van der Waals surface area (Å²) in [6.07, 6.45) is 5.37. The monoisotopic (exact) mass is 383 g/mol. The summed E-state index contributed by atoms with van der Waals surface area (Å²) in [6, 6.07) is 5.83. The van der Waals surface area contributed by atoms with E-state index < -0.39 is 12.1 Å². The lowest BCUT2D eigenvalue weighted by Crippen LogP contribution is -2.36. The van der Waals surface area contributed by atoms with Gasteiger partial charge in [-0.3, -0.25) is 4.79 Å². The van der Waals surface area contributed by atoms with Crippen LogP contribution in [0.2, 0.25) is 0 Å². The molecule has 1 saturated heterocycles. The third kappa shape index (κ3) is 3.35. The Bertz CT molecular complexity index is 1010. The number of carbonyl (C=O) groups is 2. The van der Waals surface area contributed by atoms with Crippen LogP contribution in [0.4, 0.5) is 0 Å². The molecular weight excluding hydrogens is 362 g/mol. The van der Waals surface area contributed by atoms with E-state index in [1.165, 1.54) is 11.3 Å². The summed E-state index contributed by atoms with van der Waals surface area (Å²) < 4.78 is 7.54. The highest BCUT2D eigenvalue weighted by Crippen LogP contribution is 2.36. The van der Waals surface area contributed by atoms with Gasteiger partial charge in [0.2, 0.25) is 0 Å². The molecule has 0 radical (unpaired) electrons. The molecule has 0 saturated carbocycles. The molecule has 3 aromatic rings. The van der Waals surface area contributed by atoms with Crippen LogP contribution < -0.4 is 5.32 Å². The number of hydrogen-bond acceptors (Lipinski definition) is 5. The second-order valence-electron chi connectivity index (χ2n) is 6.81. The number of carbonyl (C=O) groups excluding carboxylic acids is 2. The smallest absolute Gasteiger partial charge is 0.351 e. The van der Waals surface area contributed by atoms with Crippen molar-refractivity contribution >= 4 is 33.4 Å². The summed E-state index contributed by atoms with van der Waals surface area (Å²) in [4.78, 5) is 31.1. The molecule has 140 valence electrons. The van der Waals surface area contributed by atoms with E-state index in [1.807, 2.05) is 49.0 Å². The van der Waals surface area contributed by atoms with Crippen LogP contribution in [0.15, 0.2) is 30.6 Å². The first-order chi connectivity index (χ1) is 13.0. The zero-order chi connectivity index (χ0) is 19.0. The van der Waals surface area contributed by atoms with Crippen molar-refractivity contribution in [1.82, 2.24) is 14.9 Å². The fraction of sp³-hybridized carbons (Fsp3) is 0.350. The lowest BCUT2D eigenvalue weighted by Gasteiger charge is -2.14. The van der Waals surface area contributed by atoms with E-state index in [0.29, 0.717) is 17.8 Å². The molecule has 0 spiro atoms. The molecule has 1 aliphatic rings. The highest BCUT2D eigenvalue weighted by molar-refractivity contribution is 7.21. The van der Waals surface area contributed by atoms with Gasteiger partial charge in [-0.2, -0.15) is 0 Å². The number of aryl methyl sites for hydroxylation is 2. The van der Waals surface area contributed by atoms with Gasteiger partial charge in [0.05, 0.1) is 5.69 Å². The van der Waals surface area contributed by atoms with Crippen molar-refractivity contribution in [3.63, 3.8) is 0 Å². The Morgan fingerprint density at radius 2 is 2.07 bits per heavy atom. The maximum absolute atomic E-state index is 13.0. The molecule has 0 bridgehead atoms. The van der Waals surface area contributed by atoms with E-state index in [0.717, 1.165) is 40.0 Å².